The van der Waals surface area contributed by atoms with Crippen molar-refractivity contribution in [2.45, 2.75) is 32.0 Å². The number of Topliss-reactive ketones (excluding diaryl/α,β-unsaturated/α-hetero) is 1. The van der Waals surface area contributed by atoms with Crippen LogP contribution in [-0.2, 0) is 16.9 Å². The molecule has 5 rings (SSSR count). The number of rotatable bonds is 4. The molecule has 0 saturated carbocycles. The molecule has 8 heteroatoms. The number of aromatic nitrogens is 3. The molecule has 6 nitrogen and oxygen atoms in total. The number of carbonyl (C=O) groups is 1. The lowest BCUT2D eigenvalue weighted by Crippen LogP contribution is -2.72. The Morgan fingerprint density at radius 1 is 1.10 bits per heavy atom. The van der Waals surface area contributed by atoms with Crippen molar-refractivity contribution in [1.82, 2.24) is 24.8 Å². The maximum Gasteiger partial charge on any atom is 0.148 e. The number of fused-ring (bicyclic) bond motifs is 2. The van der Waals surface area contributed by atoms with Crippen LogP contribution in [0.2, 0.25) is 0 Å². The van der Waals surface area contributed by atoms with Crippen LogP contribution < -0.4 is 0 Å². The van der Waals surface area contributed by atoms with Crippen molar-refractivity contribution in [3.05, 3.63) is 63.3 Å². The zero-order valence-corrected chi connectivity index (χ0v) is 19.0. The highest BCUT2D eigenvalue weighted by molar-refractivity contribution is 7.10. The number of hydrogen-bond acceptors (Lipinski definition) is 8. The van der Waals surface area contributed by atoms with Gasteiger partial charge in [-0.1, -0.05) is 6.07 Å². The molecule has 3 aromatic heterocycles. The lowest BCUT2D eigenvalue weighted by molar-refractivity contribution is -0.182. The van der Waals surface area contributed by atoms with E-state index in [0.717, 1.165) is 22.3 Å². The Morgan fingerprint density at radius 2 is 1.90 bits per heavy atom. The van der Waals surface area contributed by atoms with E-state index in [1.165, 1.54) is 0 Å². The zero-order valence-electron chi connectivity index (χ0n) is 17.4. The van der Waals surface area contributed by atoms with Crippen molar-refractivity contribution in [3.8, 4) is 0 Å². The Bertz CT molecular complexity index is 1030. The number of nitrogens with zero attached hydrogens (tertiary/aromatic N) is 5. The Kier molecular flexibility index (Phi) is 4.85. The van der Waals surface area contributed by atoms with Gasteiger partial charge in [0.2, 0.25) is 0 Å². The molecule has 0 spiro atoms. The Balaban J connectivity index is 1.74. The van der Waals surface area contributed by atoms with Crippen LogP contribution in [0.4, 0.5) is 0 Å². The predicted octanol–water partition coefficient (Wildman–Crippen LogP) is 3.60. The van der Waals surface area contributed by atoms with Crippen molar-refractivity contribution in [2.75, 3.05) is 20.1 Å². The van der Waals surface area contributed by atoms with E-state index in [0.29, 0.717) is 18.9 Å². The molecule has 2 bridgehead atoms. The maximum absolute atomic E-state index is 14.0. The van der Waals surface area contributed by atoms with E-state index in [9.17, 15) is 4.79 Å². The van der Waals surface area contributed by atoms with Crippen molar-refractivity contribution in [2.24, 2.45) is 11.3 Å². The number of carbonyl (C=O) groups excluding carboxylic acids is 1. The summed E-state index contributed by atoms with van der Waals surface area (Å²) in [5.74, 6) is 0.201. The van der Waals surface area contributed by atoms with Crippen LogP contribution in [0, 0.1) is 11.3 Å². The standard InChI is InChI=1S/C22H25N5OS2/c1-21-14-26(3)13-16(18(21)28)17(19-24-8-10-29-19)27(12-15-6-4-5-7-23-15)22(21,2)20-25-9-11-30-20/h4-11,16-17H,12-14H2,1-3H3. The van der Waals surface area contributed by atoms with Gasteiger partial charge in [0.25, 0.3) is 0 Å². The molecule has 2 aliphatic heterocycles. The summed E-state index contributed by atoms with van der Waals surface area (Å²) in [4.78, 5) is 32.8. The second-order valence-corrected chi connectivity index (χ2v) is 10.5. The number of thiazole rings is 2. The van der Waals surface area contributed by atoms with Gasteiger partial charge >= 0.3 is 0 Å². The zero-order chi connectivity index (χ0) is 20.9. The summed E-state index contributed by atoms with van der Waals surface area (Å²) < 4.78 is 0. The lowest BCUT2D eigenvalue weighted by atomic mass is 9.58. The SMILES string of the molecule is CN1CC2C(=O)C(C)(C1)C(C)(c1nccs1)N(Cc1ccccn1)C2c1nccs1. The van der Waals surface area contributed by atoms with Crippen LogP contribution in [0.5, 0.6) is 0 Å². The largest absolute Gasteiger partial charge is 0.305 e. The number of ketones is 1. The molecular weight excluding hydrogens is 414 g/mol. The highest BCUT2D eigenvalue weighted by atomic mass is 32.1. The van der Waals surface area contributed by atoms with Gasteiger partial charge in [-0.15, -0.1) is 22.7 Å². The Labute approximate surface area is 184 Å². The normalized spacial score (nSPS) is 32.4. The first kappa shape index (κ1) is 19.9. The third-order valence-corrected chi connectivity index (χ3v) is 8.78. The van der Waals surface area contributed by atoms with E-state index >= 15 is 0 Å². The molecule has 2 fully saturated rings. The minimum Gasteiger partial charge on any atom is -0.305 e. The van der Waals surface area contributed by atoms with Crippen molar-refractivity contribution >= 4 is 28.5 Å². The molecule has 0 amide bonds. The number of likely N-dealkylation sites (tertiary alicyclic amines) is 2. The van der Waals surface area contributed by atoms with Crippen molar-refractivity contribution in [3.63, 3.8) is 0 Å². The van der Waals surface area contributed by atoms with E-state index in [4.69, 9.17) is 4.98 Å². The van der Waals surface area contributed by atoms with Gasteiger partial charge in [-0.25, -0.2) is 9.97 Å². The first-order valence-electron chi connectivity index (χ1n) is 10.1. The molecule has 4 unspecified atom stereocenters. The summed E-state index contributed by atoms with van der Waals surface area (Å²) in [6, 6.07) is 5.91. The number of pyridine rings is 1. The van der Waals surface area contributed by atoms with Crippen LogP contribution in [0.3, 0.4) is 0 Å². The van der Waals surface area contributed by atoms with Crippen LogP contribution in [0.25, 0.3) is 0 Å². The number of hydrogen-bond donors (Lipinski definition) is 0. The van der Waals surface area contributed by atoms with E-state index in [1.54, 1.807) is 22.7 Å². The van der Waals surface area contributed by atoms with Gasteiger partial charge in [0.15, 0.2) is 0 Å². The Hall–Kier alpha value is -2.00. The van der Waals surface area contributed by atoms with Gasteiger partial charge in [0.1, 0.15) is 15.8 Å². The van der Waals surface area contributed by atoms with Crippen LogP contribution in [-0.4, -0.2) is 50.7 Å². The van der Waals surface area contributed by atoms with Gasteiger partial charge in [-0.2, -0.15) is 0 Å². The third-order valence-electron chi connectivity index (χ3n) is 6.95. The summed E-state index contributed by atoms with van der Waals surface area (Å²) in [6.07, 6.45) is 5.51. The quantitative estimate of drug-likeness (QED) is 0.619. The number of piperidine rings is 2. The predicted molar refractivity (Wildman–Crippen MR) is 118 cm³/mol. The first-order valence-corrected chi connectivity index (χ1v) is 11.9. The van der Waals surface area contributed by atoms with E-state index < -0.39 is 11.0 Å². The molecule has 5 heterocycles. The van der Waals surface area contributed by atoms with Crippen LogP contribution in [0.15, 0.2) is 47.5 Å². The summed E-state index contributed by atoms with van der Waals surface area (Å²) in [5, 5.41) is 5.97. The van der Waals surface area contributed by atoms with Crippen LogP contribution in [0.1, 0.15) is 35.6 Å². The van der Waals surface area contributed by atoms with E-state index in [1.807, 2.05) is 41.5 Å². The summed E-state index contributed by atoms with van der Waals surface area (Å²) in [7, 11) is 2.12. The average Bonchev–Trinajstić information content (AvgIpc) is 3.45. The van der Waals surface area contributed by atoms with Gasteiger partial charge in [-0.05, 0) is 33.0 Å². The smallest absolute Gasteiger partial charge is 0.148 e. The first-order chi connectivity index (χ1) is 14.4. The van der Waals surface area contributed by atoms with E-state index in [-0.39, 0.29) is 12.0 Å². The average molecular weight is 440 g/mol. The van der Waals surface area contributed by atoms with Gasteiger partial charge in [-0.3, -0.25) is 14.7 Å². The fourth-order valence-electron chi connectivity index (χ4n) is 5.39. The van der Waals surface area contributed by atoms with Gasteiger partial charge in [0.05, 0.1) is 28.6 Å². The van der Waals surface area contributed by atoms with E-state index in [2.05, 4.69) is 46.7 Å². The molecule has 0 N–H and O–H groups in total. The molecule has 4 atom stereocenters. The molecule has 30 heavy (non-hydrogen) atoms. The van der Waals surface area contributed by atoms with Crippen LogP contribution >= 0.6 is 22.7 Å². The minimum absolute atomic E-state index is 0.107. The van der Waals surface area contributed by atoms with Crippen molar-refractivity contribution < 1.29 is 4.79 Å². The second kappa shape index (κ2) is 7.30. The fourth-order valence-corrected chi connectivity index (χ4v) is 7.15. The van der Waals surface area contributed by atoms with Gasteiger partial charge < -0.3 is 4.90 Å². The second-order valence-electron chi connectivity index (χ2n) is 8.67. The molecule has 0 radical (unpaired) electrons. The Morgan fingerprint density at radius 3 is 2.57 bits per heavy atom. The lowest BCUT2D eigenvalue weighted by Gasteiger charge is -2.62. The summed E-state index contributed by atoms with van der Waals surface area (Å²) in [6.45, 7) is 6.42. The highest BCUT2D eigenvalue weighted by Gasteiger charge is 2.66. The molecule has 2 aliphatic rings. The summed E-state index contributed by atoms with van der Waals surface area (Å²) >= 11 is 3.25. The monoisotopic (exact) mass is 439 g/mol. The van der Waals surface area contributed by atoms with Crippen molar-refractivity contribution in [1.29, 1.82) is 0 Å². The topological polar surface area (TPSA) is 62.2 Å². The fraction of sp³-hybridized carbons (Fsp3) is 0.455. The molecule has 0 aliphatic carbocycles. The highest BCUT2D eigenvalue weighted by Crippen LogP contribution is 2.59. The molecule has 3 aromatic rings. The molecule has 0 aromatic carbocycles. The maximum atomic E-state index is 14.0. The summed E-state index contributed by atoms with van der Waals surface area (Å²) in [5.41, 5.74) is -0.159. The molecular formula is C22H25N5OS2. The van der Waals surface area contributed by atoms with Gasteiger partial charge in [0, 0.05) is 49.0 Å². The molecule has 2 saturated heterocycles. The molecule has 156 valence electrons. The minimum atomic E-state index is -0.578. The third kappa shape index (κ3) is 2.81.